The number of aromatic nitrogens is 2. The van der Waals surface area contributed by atoms with E-state index in [9.17, 15) is 14.9 Å². The molecule has 0 saturated carbocycles. The van der Waals surface area contributed by atoms with E-state index in [0.717, 1.165) is 24.2 Å². The number of aryl methyl sites for hydroxylation is 1. The summed E-state index contributed by atoms with van der Waals surface area (Å²) < 4.78 is 1.68. The summed E-state index contributed by atoms with van der Waals surface area (Å²) in [5.41, 5.74) is 2.90. The number of hydrogen-bond donors (Lipinski definition) is 2. The summed E-state index contributed by atoms with van der Waals surface area (Å²) in [5.74, 6) is -0.893. The van der Waals surface area contributed by atoms with Gasteiger partial charge in [0.2, 0.25) is 0 Å². The number of nitrogens with zero attached hydrogens (tertiary/aromatic N) is 3. The first kappa shape index (κ1) is 15.2. The molecular weight excluding hydrogens is 300 g/mol. The summed E-state index contributed by atoms with van der Waals surface area (Å²) in [4.78, 5) is 21.7. The van der Waals surface area contributed by atoms with Crippen molar-refractivity contribution in [1.82, 2.24) is 15.1 Å². The van der Waals surface area contributed by atoms with Crippen LogP contribution in [0.1, 0.15) is 17.7 Å². The molecular formula is C15H16N4O4. The van der Waals surface area contributed by atoms with E-state index in [2.05, 4.69) is 10.4 Å². The normalized spacial score (nSPS) is 13.6. The molecule has 8 heteroatoms. The summed E-state index contributed by atoms with van der Waals surface area (Å²) in [6, 6.07) is 6.49. The fourth-order valence-electron chi connectivity index (χ4n) is 2.86. The molecule has 0 fully saturated rings. The summed E-state index contributed by atoms with van der Waals surface area (Å²) in [5, 5.41) is 27.9. The number of hydrogen-bond acceptors (Lipinski definition) is 5. The third kappa shape index (κ3) is 2.93. The highest BCUT2D eigenvalue weighted by molar-refractivity contribution is 5.74. The van der Waals surface area contributed by atoms with E-state index >= 15 is 0 Å². The smallest absolute Gasteiger partial charge is 0.305 e. The molecule has 1 aliphatic heterocycles. The number of carboxylic acid groups (broad SMARTS) is 1. The Kier molecular flexibility index (Phi) is 4.07. The first-order valence-electron chi connectivity index (χ1n) is 7.33. The minimum atomic E-state index is -0.893. The van der Waals surface area contributed by atoms with Crippen LogP contribution in [0.25, 0.3) is 11.3 Å². The van der Waals surface area contributed by atoms with Crippen molar-refractivity contribution in [1.29, 1.82) is 0 Å². The Bertz CT molecular complexity index is 769. The van der Waals surface area contributed by atoms with Crippen LogP contribution in [0.4, 0.5) is 5.69 Å². The van der Waals surface area contributed by atoms with Gasteiger partial charge in [0.25, 0.3) is 5.69 Å². The van der Waals surface area contributed by atoms with Crippen LogP contribution in [0.3, 0.4) is 0 Å². The molecule has 3 rings (SSSR count). The van der Waals surface area contributed by atoms with Crippen LogP contribution >= 0.6 is 0 Å². The molecule has 0 aliphatic carbocycles. The van der Waals surface area contributed by atoms with Gasteiger partial charge < -0.3 is 10.4 Å². The van der Waals surface area contributed by atoms with Gasteiger partial charge in [-0.25, -0.2) is 0 Å². The molecule has 0 unspecified atom stereocenters. The van der Waals surface area contributed by atoms with Gasteiger partial charge in [0.1, 0.15) is 5.69 Å². The zero-order valence-corrected chi connectivity index (χ0v) is 12.4. The second kappa shape index (κ2) is 6.17. The summed E-state index contributed by atoms with van der Waals surface area (Å²) in [6.07, 6.45) is 0.695. The SMILES string of the molecule is O=C(O)CCn1nc(-c2ccccc2[N+](=O)[O-])c2c1CCNC2. The number of carboxylic acids is 1. The summed E-state index contributed by atoms with van der Waals surface area (Å²) in [6.45, 7) is 1.62. The van der Waals surface area contributed by atoms with Gasteiger partial charge in [-0.2, -0.15) is 5.10 Å². The van der Waals surface area contributed by atoms with Crippen LogP contribution in [0.15, 0.2) is 24.3 Å². The molecule has 0 atom stereocenters. The Balaban J connectivity index is 2.09. The molecule has 1 aliphatic rings. The Labute approximate surface area is 131 Å². The van der Waals surface area contributed by atoms with Crippen LogP contribution in [0, 0.1) is 10.1 Å². The second-order valence-corrected chi connectivity index (χ2v) is 5.34. The van der Waals surface area contributed by atoms with Crippen LogP contribution in [0.2, 0.25) is 0 Å². The Hall–Kier alpha value is -2.74. The number of aliphatic carboxylic acids is 1. The van der Waals surface area contributed by atoms with Crippen molar-refractivity contribution in [3.05, 3.63) is 45.6 Å². The van der Waals surface area contributed by atoms with Gasteiger partial charge in [-0.05, 0) is 6.07 Å². The minimum Gasteiger partial charge on any atom is -0.481 e. The maximum Gasteiger partial charge on any atom is 0.305 e. The van der Waals surface area contributed by atoms with E-state index in [1.54, 1.807) is 22.9 Å². The predicted octanol–water partition coefficient (Wildman–Crippen LogP) is 1.58. The molecule has 1 aromatic carbocycles. The quantitative estimate of drug-likeness (QED) is 0.640. The highest BCUT2D eigenvalue weighted by Crippen LogP contribution is 2.33. The van der Waals surface area contributed by atoms with Gasteiger partial charge in [0.15, 0.2) is 0 Å². The van der Waals surface area contributed by atoms with Gasteiger partial charge in [-0.3, -0.25) is 19.6 Å². The molecule has 2 N–H and O–H groups in total. The molecule has 23 heavy (non-hydrogen) atoms. The number of fused-ring (bicyclic) bond motifs is 1. The molecule has 1 aromatic heterocycles. The molecule has 0 amide bonds. The minimum absolute atomic E-state index is 0.00348. The molecule has 0 spiro atoms. The van der Waals surface area contributed by atoms with Crippen LogP contribution < -0.4 is 5.32 Å². The molecule has 2 aromatic rings. The van der Waals surface area contributed by atoms with Crippen molar-refractivity contribution < 1.29 is 14.8 Å². The zero-order chi connectivity index (χ0) is 16.4. The Morgan fingerprint density at radius 2 is 2.22 bits per heavy atom. The van der Waals surface area contributed by atoms with E-state index in [4.69, 9.17) is 5.11 Å². The fourth-order valence-corrected chi connectivity index (χ4v) is 2.86. The van der Waals surface area contributed by atoms with Gasteiger partial charge in [-0.1, -0.05) is 12.1 Å². The monoisotopic (exact) mass is 316 g/mol. The van der Waals surface area contributed by atoms with Gasteiger partial charge in [-0.15, -0.1) is 0 Å². The summed E-state index contributed by atoms with van der Waals surface area (Å²) >= 11 is 0. The third-order valence-electron chi connectivity index (χ3n) is 3.90. The molecule has 0 bridgehead atoms. The maximum absolute atomic E-state index is 11.3. The lowest BCUT2D eigenvalue weighted by atomic mass is 10.0. The fraction of sp³-hybridized carbons (Fsp3) is 0.333. The number of nitro groups is 1. The van der Waals surface area contributed by atoms with Crippen LogP contribution in [0.5, 0.6) is 0 Å². The predicted molar refractivity (Wildman–Crippen MR) is 82.0 cm³/mol. The average Bonchev–Trinajstić information content (AvgIpc) is 2.91. The third-order valence-corrected chi connectivity index (χ3v) is 3.90. The average molecular weight is 316 g/mol. The van der Waals surface area contributed by atoms with Crippen molar-refractivity contribution in [2.24, 2.45) is 0 Å². The highest BCUT2D eigenvalue weighted by Gasteiger charge is 2.25. The van der Waals surface area contributed by atoms with Crippen molar-refractivity contribution >= 4 is 11.7 Å². The first-order valence-corrected chi connectivity index (χ1v) is 7.33. The van der Waals surface area contributed by atoms with Crippen molar-refractivity contribution in [3.63, 3.8) is 0 Å². The van der Waals surface area contributed by atoms with Gasteiger partial charge in [0, 0.05) is 36.8 Å². The highest BCUT2D eigenvalue weighted by atomic mass is 16.6. The van der Waals surface area contributed by atoms with Crippen LogP contribution in [-0.4, -0.2) is 32.3 Å². The number of nitrogens with one attached hydrogen (secondary N) is 1. The van der Waals surface area contributed by atoms with Crippen molar-refractivity contribution in [2.75, 3.05) is 6.54 Å². The lowest BCUT2D eigenvalue weighted by Crippen LogP contribution is -2.25. The molecule has 2 heterocycles. The zero-order valence-electron chi connectivity index (χ0n) is 12.4. The first-order chi connectivity index (χ1) is 11.1. The molecule has 8 nitrogen and oxygen atoms in total. The standard InChI is InChI=1S/C15H16N4O4/c20-14(21)6-8-18-12-5-7-16-9-11(12)15(17-18)10-3-1-2-4-13(10)19(22)23/h1-4,16H,5-9H2,(H,20,21). The number of para-hydroxylation sites is 1. The Morgan fingerprint density at radius 1 is 1.43 bits per heavy atom. The topological polar surface area (TPSA) is 110 Å². The van der Waals surface area contributed by atoms with Crippen molar-refractivity contribution in [2.45, 2.75) is 25.9 Å². The molecule has 0 saturated heterocycles. The van der Waals surface area contributed by atoms with Crippen molar-refractivity contribution in [3.8, 4) is 11.3 Å². The van der Waals surface area contributed by atoms with Gasteiger partial charge >= 0.3 is 5.97 Å². The largest absolute Gasteiger partial charge is 0.481 e. The second-order valence-electron chi connectivity index (χ2n) is 5.34. The number of benzene rings is 1. The summed E-state index contributed by atoms with van der Waals surface area (Å²) in [7, 11) is 0. The molecule has 120 valence electrons. The number of rotatable bonds is 5. The molecule has 0 radical (unpaired) electrons. The Morgan fingerprint density at radius 3 is 2.96 bits per heavy atom. The maximum atomic E-state index is 11.3. The van der Waals surface area contributed by atoms with E-state index in [1.807, 2.05) is 0 Å². The van der Waals surface area contributed by atoms with E-state index in [0.29, 0.717) is 17.8 Å². The van der Waals surface area contributed by atoms with Crippen LogP contribution in [-0.2, 0) is 24.3 Å². The van der Waals surface area contributed by atoms with E-state index in [1.165, 1.54) is 6.07 Å². The lowest BCUT2D eigenvalue weighted by molar-refractivity contribution is -0.384. The van der Waals surface area contributed by atoms with E-state index in [-0.39, 0.29) is 18.7 Å². The number of carbonyl (C=O) groups is 1. The lowest BCUT2D eigenvalue weighted by Gasteiger charge is -2.15. The van der Waals surface area contributed by atoms with Gasteiger partial charge in [0.05, 0.1) is 23.5 Å². The number of nitro benzene ring substituents is 1. The van der Waals surface area contributed by atoms with E-state index < -0.39 is 10.9 Å².